The molecule has 0 unspecified atom stereocenters. The summed E-state index contributed by atoms with van der Waals surface area (Å²) in [4.78, 5) is 12.0. The molecule has 0 aliphatic heterocycles. The highest BCUT2D eigenvalue weighted by Gasteiger charge is 2.02. The van der Waals surface area contributed by atoms with Gasteiger partial charge in [0.2, 0.25) is 11.8 Å². The molecular weight excluding hydrogens is 206 g/mol. The lowest BCUT2D eigenvalue weighted by atomic mass is 10.4. The second-order valence-electron chi connectivity index (χ2n) is 3.10. The first-order valence-electron chi connectivity index (χ1n) is 4.66. The highest BCUT2D eigenvalue weighted by molar-refractivity contribution is 5.29. The Hall–Kier alpha value is -2.42. The molecular formula is C10H9N5O. The van der Waals surface area contributed by atoms with E-state index in [0.717, 1.165) is 5.76 Å². The number of rotatable bonds is 3. The number of hydrogen-bond donors (Lipinski definition) is 1. The molecule has 0 aromatic carbocycles. The highest BCUT2D eigenvalue weighted by Crippen LogP contribution is 2.05. The van der Waals surface area contributed by atoms with Gasteiger partial charge in [-0.15, -0.1) is 0 Å². The Morgan fingerprint density at radius 2 is 2.38 bits per heavy atom. The van der Waals surface area contributed by atoms with Crippen LogP contribution in [-0.4, -0.2) is 15.0 Å². The molecule has 80 valence electrons. The third kappa shape index (κ3) is 2.33. The van der Waals surface area contributed by atoms with E-state index in [2.05, 4.69) is 20.3 Å². The van der Waals surface area contributed by atoms with Gasteiger partial charge >= 0.3 is 0 Å². The third-order valence-electron chi connectivity index (χ3n) is 1.84. The fourth-order valence-electron chi connectivity index (χ4n) is 1.14. The topological polar surface area (TPSA) is 87.6 Å². The summed E-state index contributed by atoms with van der Waals surface area (Å²) in [5.41, 5.74) is 0.320. The van der Waals surface area contributed by atoms with Crippen LogP contribution < -0.4 is 5.32 Å². The molecule has 16 heavy (non-hydrogen) atoms. The Balaban J connectivity index is 2.02. The number of aromatic nitrogens is 3. The van der Waals surface area contributed by atoms with Gasteiger partial charge in [0.05, 0.1) is 12.7 Å². The van der Waals surface area contributed by atoms with Crippen molar-refractivity contribution in [2.75, 3.05) is 5.32 Å². The van der Waals surface area contributed by atoms with Gasteiger partial charge in [-0.3, -0.25) is 0 Å². The Morgan fingerprint density at radius 1 is 1.50 bits per heavy atom. The molecule has 0 fully saturated rings. The van der Waals surface area contributed by atoms with Gasteiger partial charge in [-0.2, -0.15) is 5.26 Å². The van der Waals surface area contributed by atoms with Gasteiger partial charge in [0.25, 0.3) is 0 Å². The van der Waals surface area contributed by atoms with Crippen molar-refractivity contribution in [1.29, 1.82) is 5.26 Å². The van der Waals surface area contributed by atoms with Gasteiger partial charge in [-0.1, -0.05) is 0 Å². The Morgan fingerprint density at radius 3 is 3.06 bits per heavy atom. The molecule has 1 N–H and O–H groups in total. The molecule has 0 radical (unpaired) electrons. The number of oxazole rings is 1. The van der Waals surface area contributed by atoms with Crippen molar-refractivity contribution in [3.05, 3.63) is 35.8 Å². The van der Waals surface area contributed by atoms with E-state index in [-0.39, 0.29) is 0 Å². The van der Waals surface area contributed by atoms with Crippen molar-refractivity contribution in [2.24, 2.45) is 0 Å². The van der Waals surface area contributed by atoms with Crippen LogP contribution in [0, 0.1) is 18.3 Å². The molecule has 2 aromatic heterocycles. The molecule has 0 amide bonds. The molecule has 0 atom stereocenters. The van der Waals surface area contributed by atoms with Crippen molar-refractivity contribution in [1.82, 2.24) is 15.0 Å². The van der Waals surface area contributed by atoms with E-state index in [1.807, 2.05) is 13.0 Å². The molecule has 0 bridgehead atoms. The van der Waals surface area contributed by atoms with E-state index in [1.54, 1.807) is 12.3 Å². The fraction of sp³-hybridized carbons (Fsp3) is 0.200. The van der Waals surface area contributed by atoms with Crippen LogP contribution in [0.2, 0.25) is 0 Å². The predicted molar refractivity (Wildman–Crippen MR) is 55.3 cm³/mol. The monoisotopic (exact) mass is 215 g/mol. The lowest BCUT2D eigenvalue weighted by molar-refractivity contribution is 0.478. The fourth-order valence-corrected chi connectivity index (χ4v) is 1.14. The van der Waals surface area contributed by atoms with Crippen molar-refractivity contribution in [2.45, 2.75) is 13.5 Å². The van der Waals surface area contributed by atoms with Crippen LogP contribution in [0.1, 0.15) is 17.3 Å². The summed E-state index contributed by atoms with van der Waals surface area (Å²) < 4.78 is 5.27. The summed E-state index contributed by atoms with van der Waals surface area (Å²) in [5.74, 6) is 1.70. The van der Waals surface area contributed by atoms with E-state index in [4.69, 9.17) is 9.68 Å². The number of aryl methyl sites for hydroxylation is 1. The standard InChI is InChI=1S/C10H9N5O/c1-7-5-13-9(16-7)6-14-10-12-3-2-8(4-11)15-10/h2-3,5H,6H2,1H3,(H,12,14,15). The van der Waals surface area contributed by atoms with Crippen LogP contribution in [0.4, 0.5) is 5.95 Å². The normalized spacial score (nSPS) is 9.75. The maximum Gasteiger partial charge on any atom is 0.224 e. The number of hydrogen-bond acceptors (Lipinski definition) is 6. The summed E-state index contributed by atoms with van der Waals surface area (Å²) in [5, 5.41) is 11.6. The van der Waals surface area contributed by atoms with E-state index in [0.29, 0.717) is 24.1 Å². The van der Waals surface area contributed by atoms with Crippen LogP contribution in [0.3, 0.4) is 0 Å². The molecule has 2 heterocycles. The maximum atomic E-state index is 8.65. The predicted octanol–water partition coefficient (Wildman–Crippen LogP) is 1.26. The highest BCUT2D eigenvalue weighted by atomic mass is 16.4. The van der Waals surface area contributed by atoms with Crippen LogP contribution in [-0.2, 0) is 6.54 Å². The van der Waals surface area contributed by atoms with E-state index in [1.165, 1.54) is 6.20 Å². The number of nitrogens with one attached hydrogen (secondary N) is 1. The van der Waals surface area contributed by atoms with E-state index in [9.17, 15) is 0 Å². The van der Waals surface area contributed by atoms with Crippen LogP contribution in [0.5, 0.6) is 0 Å². The van der Waals surface area contributed by atoms with Gasteiger partial charge in [0.15, 0.2) is 0 Å². The summed E-state index contributed by atoms with van der Waals surface area (Å²) in [6.45, 7) is 2.21. The molecule has 0 spiro atoms. The lowest BCUT2D eigenvalue weighted by Gasteiger charge is -2.00. The molecule has 6 heteroatoms. The van der Waals surface area contributed by atoms with Crippen molar-refractivity contribution in [3.63, 3.8) is 0 Å². The molecule has 2 aromatic rings. The van der Waals surface area contributed by atoms with Crippen molar-refractivity contribution in [3.8, 4) is 6.07 Å². The quantitative estimate of drug-likeness (QED) is 0.829. The maximum absolute atomic E-state index is 8.65. The SMILES string of the molecule is Cc1cnc(CNc2nccc(C#N)n2)o1. The number of nitriles is 1. The van der Waals surface area contributed by atoms with Crippen molar-refractivity contribution < 1.29 is 4.42 Å². The zero-order chi connectivity index (χ0) is 11.4. The molecule has 0 aliphatic rings. The number of anilines is 1. The molecule has 0 saturated carbocycles. The van der Waals surface area contributed by atoms with Crippen LogP contribution >= 0.6 is 0 Å². The Bertz CT molecular complexity index is 528. The Labute approximate surface area is 92.0 Å². The average Bonchev–Trinajstić information content (AvgIpc) is 2.73. The van der Waals surface area contributed by atoms with Crippen molar-refractivity contribution >= 4 is 5.95 Å². The minimum absolute atomic E-state index is 0.320. The van der Waals surface area contributed by atoms with Gasteiger partial charge in [-0.05, 0) is 13.0 Å². The first kappa shape index (κ1) is 10.1. The smallest absolute Gasteiger partial charge is 0.224 e. The lowest BCUT2D eigenvalue weighted by Crippen LogP contribution is -2.04. The molecule has 6 nitrogen and oxygen atoms in total. The first-order valence-corrected chi connectivity index (χ1v) is 4.66. The van der Waals surface area contributed by atoms with E-state index >= 15 is 0 Å². The average molecular weight is 215 g/mol. The second-order valence-corrected chi connectivity index (χ2v) is 3.10. The van der Waals surface area contributed by atoms with Crippen LogP contribution in [0.15, 0.2) is 22.9 Å². The molecule has 0 saturated heterocycles. The second kappa shape index (κ2) is 4.40. The zero-order valence-electron chi connectivity index (χ0n) is 8.64. The third-order valence-corrected chi connectivity index (χ3v) is 1.84. The summed E-state index contributed by atoms with van der Waals surface area (Å²) in [6.07, 6.45) is 3.16. The minimum Gasteiger partial charge on any atom is -0.444 e. The summed E-state index contributed by atoms with van der Waals surface area (Å²) in [7, 11) is 0. The van der Waals surface area contributed by atoms with Gasteiger partial charge in [0, 0.05) is 6.20 Å². The van der Waals surface area contributed by atoms with Gasteiger partial charge in [-0.25, -0.2) is 15.0 Å². The van der Waals surface area contributed by atoms with Gasteiger partial charge in [0.1, 0.15) is 17.5 Å². The summed E-state index contributed by atoms with van der Waals surface area (Å²) >= 11 is 0. The zero-order valence-corrected chi connectivity index (χ0v) is 8.64. The van der Waals surface area contributed by atoms with E-state index < -0.39 is 0 Å². The first-order chi connectivity index (χ1) is 7.78. The Kier molecular flexibility index (Phi) is 2.78. The largest absolute Gasteiger partial charge is 0.444 e. The minimum atomic E-state index is 0.320. The van der Waals surface area contributed by atoms with Gasteiger partial charge < -0.3 is 9.73 Å². The molecule has 2 rings (SSSR count). The molecule has 0 aliphatic carbocycles. The summed E-state index contributed by atoms with van der Waals surface area (Å²) in [6, 6.07) is 3.48. The van der Waals surface area contributed by atoms with Crippen LogP contribution in [0.25, 0.3) is 0 Å². The number of nitrogens with zero attached hydrogens (tertiary/aromatic N) is 4.